The molecule has 3 heterocycles. The molecule has 1 aromatic carbocycles. The van der Waals surface area contributed by atoms with Crippen LogP contribution in [0.1, 0.15) is 48.5 Å². The number of likely N-dealkylation sites (tertiary alicyclic amines) is 1. The molecule has 1 spiro atoms. The third-order valence-corrected chi connectivity index (χ3v) is 6.43. The van der Waals surface area contributed by atoms with Gasteiger partial charge in [-0.3, -0.25) is 19.7 Å². The molecule has 2 atom stereocenters. The highest BCUT2D eigenvalue weighted by molar-refractivity contribution is 7.15. The largest absolute Gasteiger partial charge is 0.467 e. The molecule has 2 aromatic rings. The molecule has 9 nitrogen and oxygen atoms in total. The Morgan fingerprint density at radius 1 is 1.33 bits per heavy atom. The van der Waals surface area contributed by atoms with E-state index >= 15 is 0 Å². The van der Waals surface area contributed by atoms with Crippen LogP contribution in [0.5, 0.6) is 5.75 Å². The number of hydrogen-bond acceptors (Lipinski definition) is 7. The first kappa shape index (κ1) is 20.3. The quantitative estimate of drug-likeness (QED) is 0.768. The Kier molecular flexibility index (Phi) is 5.42. The Bertz CT molecular complexity index is 993. The number of aromatic nitrogens is 2. The Labute approximate surface area is 177 Å². The molecule has 0 aliphatic carbocycles. The van der Waals surface area contributed by atoms with Crippen molar-refractivity contribution in [3.63, 3.8) is 0 Å². The van der Waals surface area contributed by atoms with E-state index in [1.54, 1.807) is 25.1 Å². The van der Waals surface area contributed by atoms with Crippen LogP contribution in [0.15, 0.2) is 24.3 Å². The number of ether oxygens (including phenoxy) is 1. The molecule has 30 heavy (non-hydrogen) atoms. The summed E-state index contributed by atoms with van der Waals surface area (Å²) in [5.74, 6) is -0.183. The van der Waals surface area contributed by atoms with Gasteiger partial charge in [0.25, 0.3) is 5.91 Å². The van der Waals surface area contributed by atoms with Crippen LogP contribution in [-0.2, 0) is 16.0 Å². The number of hydrogen-bond donors (Lipinski definition) is 2. The van der Waals surface area contributed by atoms with Gasteiger partial charge in [-0.1, -0.05) is 30.4 Å². The fraction of sp³-hybridized carbons (Fsp3) is 0.450. The molecule has 0 bridgehead atoms. The second-order valence-electron chi connectivity index (χ2n) is 7.40. The summed E-state index contributed by atoms with van der Waals surface area (Å²) in [6.07, 6.45) is 1.63. The van der Waals surface area contributed by atoms with E-state index in [-0.39, 0.29) is 30.7 Å². The van der Waals surface area contributed by atoms with Crippen LogP contribution in [-0.4, -0.2) is 51.1 Å². The summed E-state index contributed by atoms with van der Waals surface area (Å²) in [7, 11) is 0. The normalized spacial score (nSPS) is 22.0. The lowest BCUT2D eigenvalue weighted by atomic mass is 10.0. The highest BCUT2D eigenvalue weighted by Gasteiger charge is 2.43. The molecular formula is C20H23N5O4S. The second kappa shape index (κ2) is 8.02. The average Bonchev–Trinajstić information content (AvgIpc) is 3.13. The molecule has 2 aliphatic rings. The van der Waals surface area contributed by atoms with E-state index in [4.69, 9.17) is 4.74 Å². The average molecular weight is 430 g/mol. The molecular weight excluding hydrogens is 406 g/mol. The maximum Gasteiger partial charge on any atom is 0.258 e. The fourth-order valence-corrected chi connectivity index (χ4v) is 4.37. The lowest BCUT2D eigenvalue weighted by molar-refractivity contribution is -0.137. The molecule has 2 aliphatic heterocycles. The molecule has 1 fully saturated rings. The van der Waals surface area contributed by atoms with Crippen molar-refractivity contribution in [3.05, 3.63) is 34.8 Å². The van der Waals surface area contributed by atoms with Gasteiger partial charge in [0.2, 0.25) is 16.9 Å². The predicted molar refractivity (Wildman–Crippen MR) is 110 cm³/mol. The first-order chi connectivity index (χ1) is 14.4. The van der Waals surface area contributed by atoms with Crippen molar-refractivity contribution in [3.8, 4) is 5.75 Å². The predicted octanol–water partition coefficient (Wildman–Crippen LogP) is 1.96. The molecule has 0 unspecified atom stereocenters. The Morgan fingerprint density at radius 3 is 2.90 bits per heavy atom. The van der Waals surface area contributed by atoms with Crippen molar-refractivity contribution in [2.75, 3.05) is 11.9 Å². The van der Waals surface area contributed by atoms with Crippen LogP contribution in [0, 0.1) is 0 Å². The van der Waals surface area contributed by atoms with Crippen molar-refractivity contribution >= 4 is 34.2 Å². The number of amides is 3. The molecule has 2 N–H and O–H groups in total. The van der Waals surface area contributed by atoms with Crippen LogP contribution < -0.4 is 15.4 Å². The van der Waals surface area contributed by atoms with E-state index < -0.39 is 11.8 Å². The van der Waals surface area contributed by atoms with Crippen molar-refractivity contribution in [2.45, 2.75) is 51.3 Å². The number of rotatable bonds is 4. The number of anilines is 1. The van der Waals surface area contributed by atoms with Crippen LogP contribution in [0.4, 0.5) is 5.13 Å². The van der Waals surface area contributed by atoms with Crippen LogP contribution in [0.2, 0.25) is 0 Å². The third-order valence-electron chi connectivity index (χ3n) is 5.44. The number of para-hydroxylation sites is 1. The Balaban J connectivity index is 1.46. The maximum absolute atomic E-state index is 12.8. The molecule has 4 rings (SSSR count). The fourth-order valence-electron chi connectivity index (χ4n) is 3.69. The summed E-state index contributed by atoms with van der Waals surface area (Å²) in [5.41, 5.74) is -0.479. The number of aryl methyl sites for hydroxylation is 1. The minimum atomic E-state index is -0.957. The van der Waals surface area contributed by atoms with E-state index in [2.05, 4.69) is 20.8 Å². The number of benzene rings is 1. The van der Waals surface area contributed by atoms with Crippen LogP contribution in [0.3, 0.4) is 0 Å². The van der Waals surface area contributed by atoms with Gasteiger partial charge < -0.3 is 15.0 Å². The summed E-state index contributed by atoms with van der Waals surface area (Å²) in [4.78, 5) is 39.5. The zero-order valence-electron chi connectivity index (χ0n) is 16.8. The van der Waals surface area contributed by atoms with Crippen LogP contribution in [0.25, 0.3) is 0 Å². The summed E-state index contributed by atoms with van der Waals surface area (Å²) in [6.45, 7) is 3.93. The van der Waals surface area contributed by atoms with Crippen LogP contribution >= 0.6 is 11.3 Å². The zero-order valence-corrected chi connectivity index (χ0v) is 17.6. The van der Waals surface area contributed by atoms with Gasteiger partial charge in [-0.2, -0.15) is 0 Å². The van der Waals surface area contributed by atoms with Gasteiger partial charge in [-0.15, -0.1) is 10.2 Å². The van der Waals surface area contributed by atoms with E-state index in [1.165, 1.54) is 16.2 Å². The number of nitrogens with zero attached hydrogens (tertiary/aromatic N) is 3. The molecule has 0 saturated carbocycles. The SMILES string of the molecule is CCc1nnc(NC(=O)[C@H](C)N2CC[C@]3(CCC2=O)NC(=O)c2ccccc2O3)s1. The molecule has 158 valence electrons. The summed E-state index contributed by atoms with van der Waals surface area (Å²) >= 11 is 1.32. The highest BCUT2D eigenvalue weighted by Crippen LogP contribution is 2.34. The number of nitrogens with one attached hydrogen (secondary N) is 2. The number of fused-ring (bicyclic) bond motifs is 1. The third kappa shape index (κ3) is 3.87. The molecule has 1 aromatic heterocycles. The molecule has 10 heteroatoms. The smallest absolute Gasteiger partial charge is 0.258 e. The van der Waals surface area contributed by atoms with E-state index in [0.717, 1.165) is 11.4 Å². The highest BCUT2D eigenvalue weighted by atomic mass is 32.1. The lowest BCUT2D eigenvalue weighted by Gasteiger charge is -2.38. The maximum atomic E-state index is 12.8. The van der Waals surface area contributed by atoms with Gasteiger partial charge >= 0.3 is 0 Å². The molecule has 0 radical (unpaired) electrons. The summed E-state index contributed by atoms with van der Waals surface area (Å²) in [5, 5.41) is 14.9. The minimum Gasteiger partial charge on any atom is -0.467 e. The first-order valence-corrected chi connectivity index (χ1v) is 10.8. The Morgan fingerprint density at radius 2 is 2.13 bits per heavy atom. The van der Waals surface area contributed by atoms with Crippen molar-refractivity contribution in [1.29, 1.82) is 0 Å². The summed E-state index contributed by atoms with van der Waals surface area (Å²) < 4.78 is 6.13. The Hall–Kier alpha value is -3.01. The minimum absolute atomic E-state index is 0.155. The topological polar surface area (TPSA) is 114 Å². The van der Waals surface area contributed by atoms with E-state index in [0.29, 0.717) is 29.3 Å². The van der Waals surface area contributed by atoms with Gasteiger partial charge in [-0.25, -0.2) is 0 Å². The standard InChI is InChI=1S/C20H23N5O4S/c1-3-15-23-24-19(30-15)21-17(27)12(2)25-11-10-20(9-8-16(25)26)22-18(28)13-6-4-5-7-14(13)29-20/h4-7,12H,3,8-11H2,1-2H3,(H,22,28)(H,21,24,27)/t12-,20+/m0/s1. The lowest BCUT2D eigenvalue weighted by Crippen LogP contribution is -2.56. The first-order valence-electron chi connectivity index (χ1n) is 9.94. The molecule has 3 amide bonds. The van der Waals surface area contributed by atoms with Gasteiger partial charge in [0.1, 0.15) is 16.8 Å². The van der Waals surface area contributed by atoms with E-state index in [9.17, 15) is 14.4 Å². The molecule has 1 saturated heterocycles. The second-order valence-corrected chi connectivity index (χ2v) is 8.47. The van der Waals surface area contributed by atoms with Crippen molar-refractivity contribution in [1.82, 2.24) is 20.4 Å². The van der Waals surface area contributed by atoms with Gasteiger partial charge in [0, 0.05) is 25.8 Å². The number of carbonyl (C=O) groups excluding carboxylic acids is 3. The van der Waals surface area contributed by atoms with Gasteiger partial charge in [0.05, 0.1) is 5.56 Å². The number of carbonyl (C=O) groups is 3. The van der Waals surface area contributed by atoms with Crippen molar-refractivity contribution < 1.29 is 19.1 Å². The van der Waals surface area contributed by atoms with Gasteiger partial charge in [0.15, 0.2) is 5.72 Å². The van der Waals surface area contributed by atoms with Gasteiger partial charge in [-0.05, 0) is 25.5 Å². The summed E-state index contributed by atoms with van der Waals surface area (Å²) in [6, 6.07) is 6.36. The monoisotopic (exact) mass is 429 g/mol. The van der Waals surface area contributed by atoms with E-state index in [1.807, 2.05) is 13.0 Å². The van der Waals surface area contributed by atoms with Crippen molar-refractivity contribution in [2.24, 2.45) is 0 Å². The zero-order chi connectivity index (χ0) is 21.3.